The van der Waals surface area contributed by atoms with Gasteiger partial charge in [0.1, 0.15) is 5.56 Å². The number of likely N-dealkylation sites (tertiary alicyclic amines) is 1. The SMILES string of the molecule is COC(=O)C1CN(C(=O)c2c(C)ccn(Cc3ccc4c(c3)OCO4)c2=O)C1. The number of amides is 1. The highest BCUT2D eigenvalue weighted by Crippen LogP contribution is 2.32. The van der Waals surface area contributed by atoms with Gasteiger partial charge in [-0.05, 0) is 36.2 Å². The monoisotopic (exact) mass is 384 g/mol. The van der Waals surface area contributed by atoms with Gasteiger partial charge in [0, 0.05) is 19.3 Å². The summed E-state index contributed by atoms with van der Waals surface area (Å²) in [5, 5.41) is 0. The highest BCUT2D eigenvalue weighted by molar-refractivity contribution is 5.96. The van der Waals surface area contributed by atoms with Gasteiger partial charge in [-0.25, -0.2) is 0 Å². The van der Waals surface area contributed by atoms with Gasteiger partial charge < -0.3 is 23.7 Å². The Morgan fingerprint density at radius 3 is 2.68 bits per heavy atom. The molecule has 2 aromatic rings. The second kappa shape index (κ2) is 7.03. The number of carbonyl (C=O) groups is 2. The first-order chi connectivity index (χ1) is 13.5. The van der Waals surface area contributed by atoms with Crippen molar-refractivity contribution in [3.63, 3.8) is 0 Å². The Hall–Kier alpha value is -3.29. The van der Waals surface area contributed by atoms with Crippen molar-refractivity contribution < 1.29 is 23.8 Å². The molecule has 0 aliphatic carbocycles. The van der Waals surface area contributed by atoms with Crippen molar-refractivity contribution in [3.8, 4) is 11.5 Å². The first kappa shape index (κ1) is 18.1. The molecule has 1 aromatic heterocycles. The Bertz CT molecular complexity index is 1010. The van der Waals surface area contributed by atoms with E-state index in [1.807, 2.05) is 12.1 Å². The maximum absolute atomic E-state index is 13.0. The molecule has 1 amide bonds. The first-order valence-electron chi connectivity index (χ1n) is 8.93. The van der Waals surface area contributed by atoms with Crippen molar-refractivity contribution in [2.45, 2.75) is 13.5 Å². The summed E-state index contributed by atoms with van der Waals surface area (Å²) in [6.07, 6.45) is 1.67. The summed E-state index contributed by atoms with van der Waals surface area (Å²) >= 11 is 0. The summed E-state index contributed by atoms with van der Waals surface area (Å²) in [5.74, 6) is 0.294. The Labute approximate surface area is 161 Å². The van der Waals surface area contributed by atoms with Crippen LogP contribution < -0.4 is 15.0 Å². The number of hydrogen-bond acceptors (Lipinski definition) is 6. The van der Waals surface area contributed by atoms with Gasteiger partial charge in [0.2, 0.25) is 6.79 Å². The number of aryl methyl sites for hydroxylation is 1. The van der Waals surface area contributed by atoms with Crippen LogP contribution in [0.1, 0.15) is 21.5 Å². The van der Waals surface area contributed by atoms with E-state index in [4.69, 9.17) is 14.2 Å². The molecule has 0 unspecified atom stereocenters. The first-order valence-corrected chi connectivity index (χ1v) is 8.93. The number of methoxy groups -OCH3 is 1. The van der Waals surface area contributed by atoms with Crippen LogP contribution in [0.15, 0.2) is 35.3 Å². The van der Waals surface area contributed by atoms with E-state index in [1.54, 1.807) is 25.3 Å². The van der Waals surface area contributed by atoms with Crippen LogP contribution in [0.4, 0.5) is 0 Å². The minimum Gasteiger partial charge on any atom is -0.469 e. The lowest BCUT2D eigenvalue weighted by molar-refractivity contribution is -0.149. The van der Waals surface area contributed by atoms with E-state index in [0.717, 1.165) is 5.56 Å². The van der Waals surface area contributed by atoms with Gasteiger partial charge in [0.15, 0.2) is 11.5 Å². The number of ether oxygens (including phenoxy) is 3. The molecule has 2 aliphatic heterocycles. The van der Waals surface area contributed by atoms with Crippen LogP contribution >= 0.6 is 0 Å². The van der Waals surface area contributed by atoms with E-state index in [2.05, 4.69) is 0 Å². The summed E-state index contributed by atoms with van der Waals surface area (Å²) in [4.78, 5) is 38.8. The summed E-state index contributed by atoms with van der Waals surface area (Å²) in [7, 11) is 1.32. The van der Waals surface area contributed by atoms with Crippen LogP contribution in [0.25, 0.3) is 0 Å². The molecule has 28 heavy (non-hydrogen) atoms. The molecule has 0 saturated carbocycles. The molecule has 1 fully saturated rings. The van der Waals surface area contributed by atoms with Gasteiger partial charge in [-0.1, -0.05) is 6.07 Å². The van der Waals surface area contributed by atoms with Crippen LogP contribution in [0.3, 0.4) is 0 Å². The van der Waals surface area contributed by atoms with Crippen molar-refractivity contribution in [3.05, 3.63) is 57.5 Å². The second-order valence-electron chi connectivity index (χ2n) is 6.92. The largest absolute Gasteiger partial charge is 0.469 e. The van der Waals surface area contributed by atoms with Crippen molar-refractivity contribution in [1.82, 2.24) is 9.47 Å². The Kier molecular flexibility index (Phi) is 4.54. The normalized spacial score (nSPS) is 15.3. The average molecular weight is 384 g/mol. The lowest BCUT2D eigenvalue weighted by Gasteiger charge is -2.37. The molecule has 0 N–H and O–H groups in total. The van der Waals surface area contributed by atoms with Gasteiger partial charge >= 0.3 is 5.97 Å². The van der Waals surface area contributed by atoms with E-state index in [9.17, 15) is 14.4 Å². The third-order valence-electron chi connectivity index (χ3n) is 5.08. The van der Waals surface area contributed by atoms with Gasteiger partial charge in [-0.3, -0.25) is 14.4 Å². The third-order valence-corrected chi connectivity index (χ3v) is 5.08. The van der Waals surface area contributed by atoms with Gasteiger partial charge in [0.25, 0.3) is 11.5 Å². The molecule has 8 nitrogen and oxygen atoms in total. The van der Waals surface area contributed by atoms with Crippen molar-refractivity contribution in [2.75, 3.05) is 27.0 Å². The molecule has 8 heteroatoms. The maximum Gasteiger partial charge on any atom is 0.312 e. The Morgan fingerprint density at radius 1 is 1.18 bits per heavy atom. The topological polar surface area (TPSA) is 87.1 Å². The minimum atomic E-state index is -0.359. The van der Waals surface area contributed by atoms with E-state index in [0.29, 0.717) is 23.6 Å². The highest BCUT2D eigenvalue weighted by atomic mass is 16.7. The number of esters is 1. The van der Waals surface area contributed by atoms with Crippen LogP contribution in [0.5, 0.6) is 11.5 Å². The molecule has 0 spiro atoms. The molecule has 0 atom stereocenters. The number of fused-ring (bicyclic) bond motifs is 1. The predicted molar refractivity (Wildman–Crippen MR) is 98.5 cm³/mol. The zero-order chi connectivity index (χ0) is 19.8. The summed E-state index contributed by atoms with van der Waals surface area (Å²) < 4.78 is 16.9. The van der Waals surface area contributed by atoms with Gasteiger partial charge in [-0.2, -0.15) is 0 Å². The van der Waals surface area contributed by atoms with E-state index >= 15 is 0 Å². The molecule has 1 saturated heterocycles. The van der Waals surface area contributed by atoms with E-state index in [-0.39, 0.29) is 48.8 Å². The fraction of sp³-hybridized carbons (Fsp3) is 0.350. The zero-order valence-corrected chi connectivity index (χ0v) is 15.6. The van der Waals surface area contributed by atoms with E-state index in [1.165, 1.54) is 16.6 Å². The number of aromatic nitrogens is 1. The Balaban J connectivity index is 1.56. The smallest absolute Gasteiger partial charge is 0.312 e. The predicted octanol–water partition coefficient (Wildman–Crippen LogP) is 1.18. The standard InChI is InChI=1S/C20H20N2O6/c1-12-5-6-21(8-13-3-4-15-16(7-13)28-11-27-15)18(23)17(12)19(24)22-9-14(10-22)20(25)26-2/h3-7,14H,8-11H2,1-2H3. The van der Waals surface area contributed by atoms with Gasteiger partial charge in [0.05, 0.1) is 19.6 Å². The second-order valence-corrected chi connectivity index (χ2v) is 6.92. The molecule has 146 valence electrons. The molecule has 4 rings (SSSR count). The molecule has 0 bridgehead atoms. The van der Waals surface area contributed by atoms with Crippen LogP contribution in [-0.2, 0) is 16.1 Å². The summed E-state index contributed by atoms with van der Waals surface area (Å²) in [6.45, 7) is 2.76. The van der Waals surface area contributed by atoms with Crippen LogP contribution in [0.2, 0.25) is 0 Å². The Morgan fingerprint density at radius 2 is 1.93 bits per heavy atom. The number of hydrogen-bond donors (Lipinski definition) is 0. The molecular weight excluding hydrogens is 364 g/mol. The van der Waals surface area contributed by atoms with E-state index < -0.39 is 0 Å². The quantitative estimate of drug-likeness (QED) is 0.736. The zero-order valence-electron chi connectivity index (χ0n) is 15.6. The number of benzene rings is 1. The number of nitrogens with zero attached hydrogens (tertiary/aromatic N) is 2. The minimum absolute atomic E-state index is 0.131. The third kappa shape index (κ3) is 3.11. The number of carbonyl (C=O) groups excluding carboxylic acids is 2. The fourth-order valence-corrected chi connectivity index (χ4v) is 3.40. The molecule has 2 aliphatic rings. The molecule has 1 aromatic carbocycles. The lowest BCUT2D eigenvalue weighted by atomic mass is 9.98. The number of rotatable bonds is 4. The fourth-order valence-electron chi connectivity index (χ4n) is 3.40. The number of pyridine rings is 1. The molecule has 0 radical (unpaired) electrons. The summed E-state index contributed by atoms with van der Waals surface area (Å²) in [6, 6.07) is 7.24. The van der Waals surface area contributed by atoms with Crippen molar-refractivity contribution in [1.29, 1.82) is 0 Å². The maximum atomic E-state index is 13.0. The van der Waals surface area contributed by atoms with Crippen molar-refractivity contribution >= 4 is 11.9 Å². The van der Waals surface area contributed by atoms with Crippen molar-refractivity contribution in [2.24, 2.45) is 5.92 Å². The average Bonchev–Trinajstić information content (AvgIpc) is 3.10. The van der Waals surface area contributed by atoms with Crippen LogP contribution in [-0.4, -0.2) is 48.3 Å². The van der Waals surface area contributed by atoms with Gasteiger partial charge in [-0.15, -0.1) is 0 Å². The molecule has 3 heterocycles. The highest BCUT2D eigenvalue weighted by Gasteiger charge is 2.38. The lowest BCUT2D eigenvalue weighted by Crippen LogP contribution is -2.54. The summed E-state index contributed by atoms with van der Waals surface area (Å²) in [5.41, 5.74) is 1.25. The molecular formula is C20H20N2O6. The van der Waals surface area contributed by atoms with Crippen LogP contribution in [0, 0.1) is 12.8 Å².